The smallest absolute Gasteiger partial charge is 0.311 e. The Kier molecular flexibility index (Phi) is 4.18. The Morgan fingerprint density at radius 2 is 2.19 bits per heavy atom. The van der Waals surface area contributed by atoms with E-state index in [4.69, 9.17) is 11.6 Å². The van der Waals surface area contributed by atoms with Gasteiger partial charge in [0.15, 0.2) is 5.69 Å². The lowest BCUT2D eigenvalue weighted by Gasteiger charge is -2.23. The molecule has 1 aromatic heterocycles. The maximum absolute atomic E-state index is 13.4. The monoisotopic (exact) mass is 392 g/mol. The van der Waals surface area contributed by atoms with Gasteiger partial charge >= 0.3 is 5.97 Å². The molecule has 1 aromatic carbocycles. The molecule has 1 saturated carbocycles. The van der Waals surface area contributed by atoms with Gasteiger partial charge in [-0.3, -0.25) is 9.59 Å². The van der Waals surface area contributed by atoms with Crippen LogP contribution in [-0.4, -0.2) is 50.0 Å². The normalized spacial score (nSPS) is 24.3. The van der Waals surface area contributed by atoms with Gasteiger partial charge in [0.1, 0.15) is 5.82 Å². The summed E-state index contributed by atoms with van der Waals surface area (Å²) in [6.45, 7) is 2.30. The molecule has 4 rings (SSSR count). The number of carbonyl (C=O) groups excluding carboxylic acids is 1. The zero-order valence-corrected chi connectivity index (χ0v) is 15.4. The topological polar surface area (TPSA) is 88.3 Å². The minimum absolute atomic E-state index is 0.0230. The highest BCUT2D eigenvalue weighted by Crippen LogP contribution is 2.49. The summed E-state index contributed by atoms with van der Waals surface area (Å²) in [6, 6.07) is 4.13. The van der Waals surface area contributed by atoms with E-state index in [1.54, 1.807) is 11.8 Å². The number of rotatable bonds is 3. The van der Waals surface area contributed by atoms with E-state index in [-0.39, 0.29) is 29.1 Å². The highest BCUT2D eigenvalue weighted by molar-refractivity contribution is 6.30. The fourth-order valence-electron chi connectivity index (χ4n) is 4.33. The molecule has 27 heavy (non-hydrogen) atoms. The average molecular weight is 393 g/mol. The van der Waals surface area contributed by atoms with Crippen LogP contribution in [0.4, 0.5) is 4.39 Å². The molecule has 0 bridgehead atoms. The molecule has 142 valence electrons. The number of hydrogen-bond acceptors (Lipinski definition) is 4. The quantitative estimate of drug-likeness (QED) is 0.867. The second kappa shape index (κ2) is 6.30. The second-order valence-corrected chi connectivity index (χ2v) is 7.68. The number of aliphatic carboxylic acids is 1. The number of amides is 1. The molecule has 1 N–H and O–H groups in total. The van der Waals surface area contributed by atoms with Gasteiger partial charge in [-0.05, 0) is 43.9 Å². The van der Waals surface area contributed by atoms with E-state index in [1.165, 1.54) is 22.9 Å². The van der Waals surface area contributed by atoms with Crippen LogP contribution in [0.2, 0.25) is 5.02 Å². The van der Waals surface area contributed by atoms with Crippen molar-refractivity contribution < 1.29 is 19.1 Å². The predicted molar refractivity (Wildman–Crippen MR) is 94.4 cm³/mol. The summed E-state index contributed by atoms with van der Waals surface area (Å²) < 4.78 is 14.8. The summed E-state index contributed by atoms with van der Waals surface area (Å²) in [5.41, 5.74) is 0.301. The lowest BCUT2D eigenvalue weighted by molar-refractivity contribution is -0.149. The Labute approximate surface area is 159 Å². The van der Waals surface area contributed by atoms with Gasteiger partial charge in [-0.15, -0.1) is 5.10 Å². The van der Waals surface area contributed by atoms with Gasteiger partial charge in [-0.2, -0.15) is 0 Å². The molecule has 1 amide bonds. The number of carboxylic acids is 1. The Hall–Kier alpha value is -2.48. The van der Waals surface area contributed by atoms with E-state index in [0.29, 0.717) is 24.3 Å². The van der Waals surface area contributed by atoms with Crippen molar-refractivity contribution in [3.05, 3.63) is 40.4 Å². The number of carbonyl (C=O) groups is 2. The van der Waals surface area contributed by atoms with Crippen molar-refractivity contribution in [2.45, 2.75) is 26.2 Å². The lowest BCUT2D eigenvalue weighted by Crippen LogP contribution is -2.37. The van der Waals surface area contributed by atoms with Crippen molar-refractivity contribution in [3.8, 4) is 5.69 Å². The number of carboxylic acid groups (broad SMARTS) is 1. The number of fused-ring (bicyclic) bond motifs is 1. The summed E-state index contributed by atoms with van der Waals surface area (Å²) in [7, 11) is 0. The first kappa shape index (κ1) is 17.9. The number of likely N-dealkylation sites (tertiary alicyclic amines) is 1. The average Bonchev–Trinajstić information content (AvgIpc) is 3.29. The Bertz CT molecular complexity index is 947. The molecular formula is C18H18ClFN4O3. The largest absolute Gasteiger partial charge is 0.481 e. The van der Waals surface area contributed by atoms with E-state index in [1.807, 2.05) is 0 Å². The van der Waals surface area contributed by atoms with Crippen molar-refractivity contribution in [2.24, 2.45) is 11.3 Å². The number of nitrogens with zero attached hydrogens (tertiary/aromatic N) is 4. The molecule has 2 heterocycles. The van der Waals surface area contributed by atoms with Crippen molar-refractivity contribution in [1.29, 1.82) is 0 Å². The zero-order valence-electron chi connectivity index (χ0n) is 14.7. The van der Waals surface area contributed by atoms with Crippen LogP contribution in [0.3, 0.4) is 0 Å². The van der Waals surface area contributed by atoms with Gasteiger partial charge in [0.05, 0.1) is 21.8 Å². The van der Waals surface area contributed by atoms with Gasteiger partial charge in [-0.25, -0.2) is 9.07 Å². The summed E-state index contributed by atoms with van der Waals surface area (Å²) in [6.07, 6.45) is 2.28. The minimum Gasteiger partial charge on any atom is -0.481 e. The molecule has 1 aliphatic heterocycles. The van der Waals surface area contributed by atoms with Crippen LogP contribution < -0.4 is 0 Å². The maximum atomic E-state index is 13.4. The zero-order chi connectivity index (χ0) is 19.3. The van der Waals surface area contributed by atoms with Gasteiger partial charge in [0.25, 0.3) is 5.91 Å². The molecule has 0 unspecified atom stereocenters. The van der Waals surface area contributed by atoms with Crippen molar-refractivity contribution >= 4 is 23.5 Å². The highest BCUT2D eigenvalue weighted by atomic mass is 35.5. The molecular weight excluding hydrogens is 375 g/mol. The van der Waals surface area contributed by atoms with Gasteiger partial charge in [-0.1, -0.05) is 23.2 Å². The predicted octanol–water partition coefficient (Wildman–Crippen LogP) is 2.70. The molecule has 7 nitrogen and oxygen atoms in total. The van der Waals surface area contributed by atoms with Gasteiger partial charge < -0.3 is 10.0 Å². The molecule has 0 radical (unpaired) electrons. The Balaban J connectivity index is 1.62. The SMILES string of the molecule is Cc1c(C(=O)N2C[C@@H]3CCC[C@@]3(C(=O)O)C2)nnn1-c1ccc(F)c(Cl)c1. The Morgan fingerprint density at radius 3 is 2.85 bits per heavy atom. The van der Waals surface area contributed by atoms with Crippen LogP contribution in [0.1, 0.15) is 35.4 Å². The fraction of sp³-hybridized carbons (Fsp3) is 0.444. The number of benzene rings is 1. The van der Waals surface area contributed by atoms with E-state index < -0.39 is 17.2 Å². The number of hydrogen-bond donors (Lipinski definition) is 1. The molecule has 2 aliphatic rings. The maximum Gasteiger partial charge on any atom is 0.311 e. The molecule has 9 heteroatoms. The van der Waals surface area contributed by atoms with Crippen molar-refractivity contribution in [3.63, 3.8) is 0 Å². The van der Waals surface area contributed by atoms with E-state index in [2.05, 4.69) is 10.3 Å². The van der Waals surface area contributed by atoms with Crippen LogP contribution in [0.5, 0.6) is 0 Å². The van der Waals surface area contributed by atoms with E-state index in [9.17, 15) is 19.1 Å². The van der Waals surface area contributed by atoms with Gasteiger partial charge in [0, 0.05) is 13.1 Å². The third-order valence-corrected chi connectivity index (χ3v) is 6.12. The molecule has 1 aliphatic carbocycles. The molecule has 2 fully saturated rings. The Morgan fingerprint density at radius 1 is 1.41 bits per heavy atom. The van der Waals surface area contributed by atoms with Crippen LogP contribution >= 0.6 is 11.6 Å². The van der Waals surface area contributed by atoms with Crippen LogP contribution in [0, 0.1) is 24.1 Å². The number of aromatic nitrogens is 3. The highest BCUT2D eigenvalue weighted by Gasteiger charge is 2.56. The van der Waals surface area contributed by atoms with E-state index in [0.717, 1.165) is 12.8 Å². The standard InChI is InChI=1S/C18H18ClFN4O3/c1-10-15(21-22-24(10)12-4-5-14(20)13(19)7-12)16(25)23-8-11-3-2-6-18(11,9-23)17(26)27/h4-5,7,11H,2-3,6,8-9H2,1H3,(H,26,27)/t11-,18+/m0/s1. The summed E-state index contributed by atoms with van der Waals surface area (Å²) in [5, 5.41) is 17.6. The molecule has 2 aromatic rings. The summed E-state index contributed by atoms with van der Waals surface area (Å²) in [5.74, 6) is -1.73. The first-order chi connectivity index (χ1) is 12.8. The van der Waals surface area contributed by atoms with Crippen LogP contribution in [0.25, 0.3) is 5.69 Å². The van der Waals surface area contributed by atoms with Crippen LogP contribution in [-0.2, 0) is 4.79 Å². The second-order valence-electron chi connectivity index (χ2n) is 7.27. The van der Waals surface area contributed by atoms with E-state index >= 15 is 0 Å². The first-order valence-electron chi connectivity index (χ1n) is 8.74. The van der Waals surface area contributed by atoms with Crippen molar-refractivity contribution in [1.82, 2.24) is 19.9 Å². The van der Waals surface area contributed by atoms with Gasteiger partial charge in [0.2, 0.25) is 0 Å². The molecule has 0 spiro atoms. The first-order valence-corrected chi connectivity index (χ1v) is 9.11. The molecule has 2 atom stereocenters. The third kappa shape index (κ3) is 2.70. The molecule has 1 saturated heterocycles. The minimum atomic E-state index is -0.843. The van der Waals surface area contributed by atoms with Crippen molar-refractivity contribution in [2.75, 3.05) is 13.1 Å². The fourth-order valence-corrected chi connectivity index (χ4v) is 4.51. The summed E-state index contributed by atoms with van der Waals surface area (Å²) in [4.78, 5) is 26.3. The third-order valence-electron chi connectivity index (χ3n) is 5.83. The van der Waals surface area contributed by atoms with Crippen LogP contribution in [0.15, 0.2) is 18.2 Å². The number of halogens is 2. The summed E-state index contributed by atoms with van der Waals surface area (Å²) >= 11 is 5.82. The lowest BCUT2D eigenvalue weighted by atomic mass is 9.81.